The molecule has 2 heterocycles. The average Bonchev–Trinajstić information content (AvgIpc) is 3.45. The van der Waals surface area contributed by atoms with Crippen LogP contribution < -0.4 is 0 Å². The number of methoxy groups -OCH3 is 1. The molecule has 0 saturated carbocycles. The van der Waals surface area contributed by atoms with Gasteiger partial charge in [-0.1, -0.05) is 44.2 Å². The molecule has 0 amide bonds. The largest absolute Gasteiger partial charge is 0.466 e. The number of ketones is 1. The van der Waals surface area contributed by atoms with E-state index in [1.54, 1.807) is 41.2 Å². The molecule has 0 radical (unpaired) electrons. The van der Waals surface area contributed by atoms with Crippen LogP contribution in [-0.4, -0.2) is 33.2 Å². The number of ether oxygens (including phenoxy) is 1. The van der Waals surface area contributed by atoms with Crippen molar-refractivity contribution in [2.45, 2.75) is 26.3 Å². The van der Waals surface area contributed by atoms with Crippen molar-refractivity contribution in [3.63, 3.8) is 0 Å². The third-order valence-corrected chi connectivity index (χ3v) is 6.42. The Morgan fingerprint density at radius 2 is 1.76 bits per heavy atom. The van der Waals surface area contributed by atoms with E-state index in [4.69, 9.17) is 4.74 Å². The molecule has 0 spiro atoms. The summed E-state index contributed by atoms with van der Waals surface area (Å²) in [6.07, 6.45) is 4.90. The number of halogens is 1. The summed E-state index contributed by atoms with van der Waals surface area (Å²) in [5.41, 5.74) is 4.94. The van der Waals surface area contributed by atoms with Crippen molar-refractivity contribution >= 4 is 39.6 Å². The van der Waals surface area contributed by atoms with Gasteiger partial charge in [0.15, 0.2) is 5.78 Å². The highest BCUT2D eigenvalue weighted by atomic mass is 19.1. The van der Waals surface area contributed by atoms with Crippen LogP contribution in [0.2, 0.25) is 0 Å². The molecule has 0 unspecified atom stereocenters. The van der Waals surface area contributed by atoms with Gasteiger partial charge < -0.3 is 9.30 Å². The molecule has 0 atom stereocenters. The molecule has 0 aliphatic heterocycles. The molecular weight excluding hydrogens is 469 g/mol. The quantitative estimate of drug-likeness (QED) is 0.151. The third-order valence-electron chi connectivity index (χ3n) is 6.42. The maximum atomic E-state index is 13.8. The van der Waals surface area contributed by atoms with Crippen molar-refractivity contribution in [2.24, 2.45) is 0 Å². The maximum Gasteiger partial charge on any atom is 0.330 e. The van der Waals surface area contributed by atoms with Gasteiger partial charge in [0.25, 0.3) is 0 Å². The zero-order valence-electron chi connectivity index (χ0n) is 20.8. The Hall–Kier alpha value is -4.52. The predicted molar refractivity (Wildman–Crippen MR) is 142 cm³/mol. The van der Waals surface area contributed by atoms with Crippen LogP contribution in [-0.2, 0) is 16.1 Å². The molecule has 7 heteroatoms. The molecule has 2 aromatic heterocycles. The van der Waals surface area contributed by atoms with Crippen LogP contribution in [0.15, 0.2) is 79.0 Å². The minimum absolute atomic E-state index is 0.0386. The highest BCUT2D eigenvalue weighted by Crippen LogP contribution is 2.37. The molecule has 0 saturated heterocycles. The molecule has 0 aliphatic carbocycles. The number of hydrogen-bond acceptors (Lipinski definition) is 4. The lowest BCUT2D eigenvalue weighted by atomic mass is 10.0. The van der Waals surface area contributed by atoms with Crippen LogP contribution in [0.25, 0.3) is 33.6 Å². The van der Waals surface area contributed by atoms with E-state index in [-0.39, 0.29) is 24.1 Å². The van der Waals surface area contributed by atoms with Gasteiger partial charge in [0.05, 0.1) is 24.3 Å². The summed E-state index contributed by atoms with van der Waals surface area (Å²) in [6, 6.07) is 19.5. The Morgan fingerprint density at radius 3 is 2.43 bits per heavy atom. The summed E-state index contributed by atoms with van der Waals surface area (Å²) in [4.78, 5) is 24.9. The van der Waals surface area contributed by atoms with Crippen molar-refractivity contribution in [1.29, 1.82) is 0 Å². The van der Waals surface area contributed by atoms with Crippen LogP contribution in [0.3, 0.4) is 0 Å². The lowest BCUT2D eigenvalue weighted by Gasteiger charge is -2.14. The zero-order chi connectivity index (χ0) is 26.1. The van der Waals surface area contributed by atoms with Crippen LogP contribution in [0.4, 0.5) is 4.39 Å². The number of benzene rings is 3. The smallest absolute Gasteiger partial charge is 0.330 e. The number of rotatable bonds is 7. The van der Waals surface area contributed by atoms with Gasteiger partial charge in [-0.25, -0.2) is 9.18 Å². The van der Waals surface area contributed by atoms with Gasteiger partial charge in [0.1, 0.15) is 12.4 Å². The second-order valence-corrected chi connectivity index (χ2v) is 9.14. The van der Waals surface area contributed by atoms with Crippen molar-refractivity contribution in [3.8, 4) is 5.69 Å². The molecule has 3 aromatic carbocycles. The zero-order valence-corrected chi connectivity index (χ0v) is 20.8. The van der Waals surface area contributed by atoms with Crippen molar-refractivity contribution < 1.29 is 18.7 Å². The molecule has 5 aromatic rings. The van der Waals surface area contributed by atoms with Crippen LogP contribution >= 0.6 is 0 Å². The number of fused-ring (bicyclic) bond motifs is 2. The number of nitrogens with zero attached hydrogens (tertiary/aromatic N) is 3. The van der Waals surface area contributed by atoms with E-state index in [1.165, 1.54) is 25.3 Å². The third kappa shape index (κ3) is 4.56. The lowest BCUT2D eigenvalue weighted by Crippen LogP contribution is -2.11. The van der Waals surface area contributed by atoms with Crippen molar-refractivity contribution in [1.82, 2.24) is 14.3 Å². The highest BCUT2D eigenvalue weighted by Gasteiger charge is 2.21. The molecule has 6 nitrogen and oxygen atoms in total. The van der Waals surface area contributed by atoms with Gasteiger partial charge in [-0.2, -0.15) is 5.10 Å². The Kier molecular flexibility index (Phi) is 6.44. The van der Waals surface area contributed by atoms with Crippen LogP contribution in [0.5, 0.6) is 0 Å². The molecule has 5 rings (SSSR count). The van der Waals surface area contributed by atoms with E-state index >= 15 is 0 Å². The number of carbonyl (C=O) groups is 2. The number of Topliss-reactive ketones (excluding diaryl/α,β-unsaturated/α-hetero) is 1. The first-order valence-electron chi connectivity index (χ1n) is 12.0. The summed E-state index contributed by atoms with van der Waals surface area (Å²) in [5.74, 6) is -0.738. The fraction of sp³-hybridized carbons (Fsp3) is 0.167. The average molecular weight is 496 g/mol. The van der Waals surface area contributed by atoms with E-state index in [0.29, 0.717) is 5.56 Å². The topological polar surface area (TPSA) is 66.1 Å². The number of aromatic nitrogens is 3. The van der Waals surface area contributed by atoms with Gasteiger partial charge >= 0.3 is 5.97 Å². The fourth-order valence-corrected chi connectivity index (χ4v) is 4.71. The van der Waals surface area contributed by atoms with E-state index in [2.05, 4.69) is 23.5 Å². The molecule has 37 heavy (non-hydrogen) atoms. The Balaban J connectivity index is 1.74. The first kappa shape index (κ1) is 24.2. The Bertz CT molecular complexity index is 1650. The summed E-state index contributed by atoms with van der Waals surface area (Å²) in [6.45, 7) is 4.25. The first-order chi connectivity index (χ1) is 17.9. The van der Waals surface area contributed by atoms with E-state index in [0.717, 1.165) is 38.8 Å². The Labute approximate surface area is 213 Å². The van der Waals surface area contributed by atoms with Crippen molar-refractivity contribution in [2.75, 3.05) is 7.11 Å². The van der Waals surface area contributed by atoms with Crippen LogP contribution in [0, 0.1) is 5.82 Å². The second-order valence-electron chi connectivity index (χ2n) is 9.14. The number of hydrogen-bond donors (Lipinski definition) is 0. The van der Waals surface area contributed by atoms with Gasteiger partial charge in [-0.15, -0.1) is 0 Å². The normalized spacial score (nSPS) is 11.7. The van der Waals surface area contributed by atoms with Crippen molar-refractivity contribution in [3.05, 3.63) is 102 Å². The molecule has 0 aliphatic rings. The highest BCUT2D eigenvalue weighted by molar-refractivity contribution is 6.04. The number of esters is 1. The first-order valence-corrected chi connectivity index (χ1v) is 12.0. The second kappa shape index (κ2) is 9.85. The lowest BCUT2D eigenvalue weighted by molar-refractivity contribution is -0.134. The van der Waals surface area contributed by atoms with Gasteiger partial charge in [-0.05, 0) is 48.4 Å². The van der Waals surface area contributed by atoms with E-state index in [9.17, 15) is 14.0 Å². The minimum atomic E-state index is -0.461. The monoisotopic (exact) mass is 495 g/mol. The van der Waals surface area contributed by atoms with E-state index in [1.807, 2.05) is 30.3 Å². The standard InChI is InChI=1S/C30H26FN3O3/c1-19(2)30-24(13-14-29(36)37-3)25-16-26-21(15-27(25)34(30)23-11-9-22(31)10-12-23)17-32-33(26)18-28(35)20-7-5-4-6-8-20/h4-17,19H,18H2,1-3H3/b14-13+. The van der Waals surface area contributed by atoms with Gasteiger partial charge in [0.2, 0.25) is 0 Å². The Morgan fingerprint density at radius 1 is 1.03 bits per heavy atom. The molecule has 186 valence electrons. The predicted octanol–water partition coefficient (Wildman–Crippen LogP) is 6.31. The maximum absolute atomic E-state index is 13.8. The van der Waals surface area contributed by atoms with Gasteiger partial charge in [-0.3, -0.25) is 9.48 Å². The minimum Gasteiger partial charge on any atom is -0.466 e. The summed E-state index contributed by atoms with van der Waals surface area (Å²) in [5, 5.41) is 6.25. The summed E-state index contributed by atoms with van der Waals surface area (Å²) in [7, 11) is 1.34. The molecule has 0 fully saturated rings. The van der Waals surface area contributed by atoms with Crippen LogP contribution in [0.1, 0.15) is 41.4 Å². The summed E-state index contributed by atoms with van der Waals surface area (Å²) < 4.78 is 22.4. The summed E-state index contributed by atoms with van der Waals surface area (Å²) >= 11 is 0. The molecule has 0 bridgehead atoms. The van der Waals surface area contributed by atoms with Gasteiger partial charge in [0, 0.05) is 39.4 Å². The SMILES string of the molecule is COC(=O)/C=C/c1c(C(C)C)n(-c2ccc(F)cc2)c2cc3cnn(CC(=O)c4ccccc4)c3cc12. The van der Waals surface area contributed by atoms with E-state index < -0.39 is 5.97 Å². The number of carbonyl (C=O) groups excluding carboxylic acids is 2. The fourth-order valence-electron chi connectivity index (χ4n) is 4.71. The molecule has 0 N–H and O–H groups in total. The molecular formula is C30H26FN3O3.